The van der Waals surface area contributed by atoms with Crippen LogP contribution in [0.4, 0.5) is 5.69 Å². The van der Waals surface area contributed by atoms with Gasteiger partial charge in [-0.1, -0.05) is 17.8 Å². The average molecular weight is 1040 g/mol. The molecular weight excluding hydrogens is 975 g/mol. The number of benzene rings is 3. The third-order valence-electron chi connectivity index (χ3n) is 11.7. The molecule has 2 aromatic carbocycles. The third-order valence-corrected chi connectivity index (χ3v) is 23.8. The number of thioether (sulfide) groups is 1. The highest BCUT2D eigenvalue weighted by atomic mass is 32.2. The van der Waals surface area contributed by atoms with E-state index in [0.29, 0.717) is 50.4 Å². The molecule has 3 aromatic rings. The zero-order chi connectivity index (χ0) is 50.3. The minimum absolute atomic E-state index is 0.0252. The van der Waals surface area contributed by atoms with Crippen LogP contribution in [-0.4, -0.2) is 115 Å². The molecule has 3 amide bonds. The molecule has 0 spiro atoms. The monoisotopic (exact) mass is 1040 g/mol. The van der Waals surface area contributed by atoms with Gasteiger partial charge in [-0.05, 0) is 96.7 Å². The maximum atomic E-state index is 13.6. The van der Waals surface area contributed by atoms with Crippen molar-refractivity contribution in [2.45, 2.75) is 94.3 Å². The first kappa shape index (κ1) is 53.3. The third kappa shape index (κ3) is 13.4. The molecule has 2 aliphatic heterocycles. The predicted molar refractivity (Wildman–Crippen MR) is 272 cm³/mol. The van der Waals surface area contributed by atoms with Crippen LogP contribution >= 0.6 is 11.8 Å². The molecule has 1 aromatic heterocycles. The fourth-order valence-corrected chi connectivity index (χ4v) is 20.6. The van der Waals surface area contributed by atoms with Crippen molar-refractivity contribution in [2.75, 3.05) is 49.5 Å². The summed E-state index contributed by atoms with van der Waals surface area (Å²) in [7, 11) is -13.9. The Labute approximate surface area is 410 Å². The Hall–Kier alpha value is -5.08. The predicted octanol–water partition coefficient (Wildman–Crippen LogP) is 5.91. The van der Waals surface area contributed by atoms with Crippen LogP contribution < -0.4 is 24.9 Å². The number of fused-ring (bicyclic) bond motifs is 2. The Kier molecular flexibility index (Phi) is 17.3. The zero-order valence-electron chi connectivity index (χ0n) is 40.3. The molecule has 0 atom stereocenters. The fraction of sp³-hybridized carbons (Fsp3) is 0.404. The van der Waals surface area contributed by atoms with Crippen molar-refractivity contribution >= 4 is 82.9 Å². The fourth-order valence-electron chi connectivity index (χ4n) is 8.38. The van der Waals surface area contributed by atoms with Crippen LogP contribution in [0.1, 0.15) is 46.1 Å². The number of nitrogens with zero attached hydrogens (tertiary/aromatic N) is 5. The van der Waals surface area contributed by atoms with Gasteiger partial charge in [-0.15, -0.1) is 0 Å². The molecule has 0 fully saturated rings. The summed E-state index contributed by atoms with van der Waals surface area (Å²) in [6.07, 6.45) is 6.48. The highest BCUT2D eigenvalue weighted by Gasteiger charge is 2.34. The van der Waals surface area contributed by atoms with Crippen molar-refractivity contribution < 1.29 is 44.3 Å². The van der Waals surface area contributed by atoms with E-state index in [4.69, 9.17) is 8.53 Å². The number of anilines is 1. The first-order valence-electron chi connectivity index (χ1n) is 23.0. The molecule has 0 bridgehead atoms. The standard InChI is InChI=1S/C47H61N7O10S3Si2/c1-9-52(10-2)34-15-18-37-40(26-34)63-41-27-35(53(11-3)12-4)16-19-38(41)46(37)39-20-17-36(28-42(39)67(60,61)62)66(58,59)51-24-23-48-43(55)14-13-25-68(5,6)64-69(7,8)32-65-47-49-29-33(30-50-47)31-54-44(56)21-22-45(54)57/h15-22,26-30,51H,9-14,23-25,31-32H2,1-8H3,(H-,48,55,60,61,62). The van der Waals surface area contributed by atoms with E-state index < -0.39 is 46.6 Å². The molecule has 69 heavy (non-hydrogen) atoms. The van der Waals surface area contributed by atoms with Gasteiger partial charge in [0.25, 0.3) is 11.8 Å². The number of amides is 3. The summed E-state index contributed by atoms with van der Waals surface area (Å²) >= 11 is 1.48. The number of nitrogens with one attached hydrogen (secondary N) is 2. The molecule has 370 valence electrons. The quantitative estimate of drug-likeness (QED) is 0.0113. The maximum Gasteiger partial charge on any atom is 0.253 e. The van der Waals surface area contributed by atoms with Gasteiger partial charge in [0, 0.05) is 108 Å². The number of aromatic nitrogens is 2. The summed E-state index contributed by atoms with van der Waals surface area (Å²) in [4.78, 5) is 47.5. The number of carbonyl (C=O) groups is 3. The topological polar surface area (TPSA) is 224 Å². The van der Waals surface area contributed by atoms with Gasteiger partial charge in [-0.2, -0.15) is 0 Å². The lowest BCUT2D eigenvalue weighted by atomic mass is 9.93. The van der Waals surface area contributed by atoms with Gasteiger partial charge in [0.15, 0.2) is 21.8 Å². The van der Waals surface area contributed by atoms with Gasteiger partial charge in [-0.3, -0.25) is 19.3 Å². The van der Waals surface area contributed by atoms with E-state index in [1.807, 2.05) is 64.1 Å². The molecule has 22 heteroatoms. The molecule has 0 radical (unpaired) electrons. The lowest BCUT2D eigenvalue weighted by Crippen LogP contribution is -2.46. The second kappa shape index (κ2) is 22.3. The van der Waals surface area contributed by atoms with Crippen molar-refractivity contribution in [3.8, 4) is 22.5 Å². The Morgan fingerprint density at radius 3 is 2.17 bits per heavy atom. The normalized spacial score (nSPS) is 13.5. The Balaban J connectivity index is 1.07. The number of rotatable bonds is 23. The average Bonchev–Trinajstić information content (AvgIpc) is 3.61. The smallest absolute Gasteiger partial charge is 0.253 e. The van der Waals surface area contributed by atoms with Gasteiger partial charge < -0.3 is 23.3 Å². The molecule has 1 aliphatic carbocycles. The molecule has 2 N–H and O–H groups in total. The largest absolute Gasteiger partial charge is 0.744 e. The summed E-state index contributed by atoms with van der Waals surface area (Å²) in [6, 6.07) is 15.5. The van der Waals surface area contributed by atoms with Crippen LogP contribution in [0, 0.1) is 0 Å². The number of hydrogen-bond donors (Lipinski definition) is 2. The molecular formula is C47H61N7O10S3Si2. The first-order valence-corrected chi connectivity index (χ1v) is 33.1. The molecule has 3 aliphatic rings. The van der Waals surface area contributed by atoms with E-state index in [1.165, 1.54) is 36.0 Å². The van der Waals surface area contributed by atoms with E-state index in [0.717, 1.165) is 54.2 Å². The second-order valence-corrected chi connectivity index (χ2v) is 31.1. The minimum atomic E-state index is -5.22. The van der Waals surface area contributed by atoms with Gasteiger partial charge >= 0.3 is 0 Å². The molecule has 0 unspecified atom stereocenters. The Morgan fingerprint density at radius 1 is 0.870 bits per heavy atom. The summed E-state index contributed by atoms with van der Waals surface area (Å²) in [6.45, 7) is 19.5. The maximum absolute atomic E-state index is 13.6. The molecule has 0 saturated heterocycles. The van der Waals surface area contributed by atoms with E-state index in [1.54, 1.807) is 12.4 Å². The van der Waals surface area contributed by atoms with E-state index >= 15 is 0 Å². The van der Waals surface area contributed by atoms with Gasteiger partial charge in [0.05, 0.1) is 22.4 Å². The second-order valence-electron chi connectivity index (χ2n) is 17.8. The van der Waals surface area contributed by atoms with Crippen molar-refractivity contribution in [1.29, 1.82) is 0 Å². The summed E-state index contributed by atoms with van der Waals surface area (Å²) in [5.41, 5.74) is 3.02. The van der Waals surface area contributed by atoms with Crippen molar-refractivity contribution in [2.24, 2.45) is 0 Å². The molecule has 0 saturated carbocycles. The molecule has 6 rings (SSSR count). The number of carbonyl (C=O) groups excluding carboxylic acids is 3. The lowest BCUT2D eigenvalue weighted by Gasteiger charge is -2.33. The van der Waals surface area contributed by atoms with Gasteiger partial charge in [0.1, 0.15) is 34.6 Å². The van der Waals surface area contributed by atoms with Gasteiger partial charge in [0.2, 0.25) is 21.3 Å². The van der Waals surface area contributed by atoms with Crippen molar-refractivity contribution in [3.05, 3.63) is 90.1 Å². The molecule has 17 nitrogen and oxygen atoms in total. The number of sulfonamides is 1. The Morgan fingerprint density at radius 2 is 1.54 bits per heavy atom. The van der Waals surface area contributed by atoms with Crippen molar-refractivity contribution in [1.82, 2.24) is 29.5 Å². The van der Waals surface area contributed by atoms with Crippen LogP contribution in [0.3, 0.4) is 0 Å². The van der Waals surface area contributed by atoms with E-state index in [-0.39, 0.29) is 49.3 Å². The Bertz CT molecular complexity index is 2990. The van der Waals surface area contributed by atoms with E-state index in [9.17, 15) is 35.8 Å². The zero-order valence-corrected chi connectivity index (χ0v) is 44.8. The van der Waals surface area contributed by atoms with Crippen LogP contribution in [0.15, 0.2) is 98.5 Å². The first-order chi connectivity index (χ1) is 32.6. The van der Waals surface area contributed by atoms with Crippen LogP contribution in [0.25, 0.3) is 33.4 Å². The van der Waals surface area contributed by atoms with Gasteiger partial charge in [-0.25, -0.2) is 36.1 Å². The number of hydrogen-bond acceptors (Lipinski definition) is 14. The van der Waals surface area contributed by atoms with Crippen LogP contribution in [-0.2, 0) is 45.2 Å². The van der Waals surface area contributed by atoms with Crippen molar-refractivity contribution in [3.63, 3.8) is 0 Å². The summed E-state index contributed by atoms with van der Waals surface area (Å²) in [5.74, 6) is -0.520. The van der Waals surface area contributed by atoms with Crippen LogP contribution in [0.5, 0.6) is 0 Å². The van der Waals surface area contributed by atoms with Crippen LogP contribution in [0.2, 0.25) is 32.2 Å². The SMILES string of the molecule is CCN(CC)c1ccc2c(-c3ccc(S(=O)(=O)NCCNC(=O)CCC[Si](C)(C)O[Si](C)(C)CSc4ncc(CN5C(=O)C=CC5=O)cn4)cc3S(=O)(=O)[O-])c3ccc(=[N+](CC)CC)cc-3oc2c1. The molecule has 3 heterocycles. The summed E-state index contributed by atoms with van der Waals surface area (Å²) in [5, 5.41) is 5.45. The highest BCUT2D eigenvalue weighted by Crippen LogP contribution is 2.43. The minimum Gasteiger partial charge on any atom is -0.744 e. The highest BCUT2D eigenvalue weighted by molar-refractivity contribution is 8.00. The number of imide groups is 1. The lowest BCUT2D eigenvalue weighted by molar-refractivity contribution is -0.137. The van der Waals surface area contributed by atoms with E-state index in [2.05, 4.69) is 55.7 Å². The summed E-state index contributed by atoms with van der Waals surface area (Å²) < 4.78 is 84.1.